The van der Waals surface area contributed by atoms with Gasteiger partial charge in [-0.2, -0.15) is 0 Å². The molecule has 4 nitrogen and oxygen atoms in total. The molecule has 0 rings (SSSR count). The summed E-state index contributed by atoms with van der Waals surface area (Å²) in [5.74, 6) is 0.868. The van der Waals surface area contributed by atoms with Crippen molar-refractivity contribution in [2.45, 2.75) is 39.5 Å². The lowest BCUT2D eigenvalue weighted by Crippen LogP contribution is -2.39. The van der Waals surface area contributed by atoms with Gasteiger partial charge in [0, 0.05) is 26.7 Å². The largest absolute Gasteiger partial charge is 0.380 e. The van der Waals surface area contributed by atoms with E-state index in [0.29, 0.717) is 0 Å². The summed E-state index contributed by atoms with van der Waals surface area (Å²) in [5, 5.41) is 6.47. The number of nitrogens with one attached hydrogen (secondary N) is 2. The molecule has 0 aliphatic rings. The van der Waals surface area contributed by atoms with Gasteiger partial charge >= 0.3 is 0 Å². The van der Waals surface area contributed by atoms with Gasteiger partial charge in [0.25, 0.3) is 0 Å². The van der Waals surface area contributed by atoms with Gasteiger partial charge in [0.1, 0.15) is 0 Å². The lowest BCUT2D eigenvalue weighted by Gasteiger charge is -2.11. The first-order valence-corrected chi connectivity index (χ1v) is 6.37. The van der Waals surface area contributed by atoms with E-state index in [4.69, 9.17) is 4.74 Å². The maximum absolute atomic E-state index is 5.45. The Balaban J connectivity index is 0. The zero-order chi connectivity index (χ0) is 12.1. The summed E-state index contributed by atoms with van der Waals surface area (Å²) in [4.78, 5) is 4.13. The number of hydrogen-bond donors (Lipinski definition) is 2. The second kappa shape index (κ2) is 16.0. The summed E-state index contributed by atoms with van der Waals surface area (Å²) in [5.41, 5.74) is 0. The van der Waals surface area contributed by atoms with Crippen LogP contribution in [0, 0.1) is 0 Å². The second-order valence-corrected chi connectivity index (χ2v) is 3.75. The summed E-state index contributed by atoms with van der Waals surface area (Å²) in [6.45, 7) is 7.75. The van der Waals surface area contributed by atoms with Crippen LogP contribution in [0.5, 0.6) is 0 Å². The average molecular weight is 357 g/mol. The fourth-order valence-electron chi connectivity index (χ4n) is 1.19. The molecular formula is C12H28IN3O. The topological polar surface area (TPSA) is 45.7 Å². The number of rotatable bonds is 9. The highest BCUT2D eigenvalue weighted by Gasteiger charge is 1.95. The first-order valence-electron chi connectivity index (χ1n) is 6.37. The Hall–Kier alpha value is -0.0400. The van der Waals surface area contributed by atoms with Crippen molar-refractivity contribution in [3.05, 3.63) is 0 Å². The molecule has 0 amide bonds. The molecule has 0 aliphatic heterocycles. The van der Waals surface area contributed by atoms with Crippen LogP contribution in [0.2, 0.25) is 0 Å². The van der Waals surface area contributed by atoms with E-state index in [0.717, 1.165) is 38.7 Å². The third-order valence-corrected chi connectivity index (χ3v) is 2.23. The molecule has 2 N–H and O–H groups in total. The number of ether oxygens (including phenoxy) is 1. The standard InChI is InChI=1S/C12H27N3O.HI/c1-4-6-8-14-12(13-3)15-9-11-16-10-7-5-2;/h4-11H2,1-3H3,(H2,13,14,15);1H. The summed E-state index contributed by atoms with van der Waals surface area (Å²) < 4.78 is 5.45. The van der Waals surface area contributed by atoms with Crippen LogP contribution in [0.4, 0.5) is 0 Å². The van der Waals surface area contributed by atoms with Gasteiger partial charge < -0.3 is 15.4 Å². The van der Waals surface area contributed by atoms with Crippen LogP contribution in [0.3, 0.4) is 0 Å². The van der Waals surface area contributed by atoms with Gasteiger partial charge in [-0.3, -0.25) is 4.99 Å². The van der Waals surface area contributed by atoms with Crippen LogP contribution in [-0.4, -0.2) is 39.3 Å². The Kier molecular flexibility index (Phi) is 18.1. The second-order valence-electron chi connectivity index (χ2n) is 3.75. The quantitative estimate of drug-likeness (QED) is 0.288. The molecule has 0 heterocycles. The van der Waals surface area contributed by atoms with Crippen molar-refractivity contribution in [3.8, 4) is 0 Å². The molecule has 0 unspecified atom stereocenters. The van der Waals surface area contributed by atoms with E-state index in [1.807, 2.05) is 0 Å². The van der Waals surface area contributed by atoms with Gasteiger partial charge in [-0.25, -0.2) is 0 Å². The van der Waals surface area contributed by atoms with E-state index >= 15 is 0 Å². The molecule has 17 heavy (non-hydrogen) atoms. The van der Waals surface area contributed by atoms with Crippen LogP contribution in [0.1, 0.15) is 39.5 Å². The average Bonchev–Trinajstić information content (AvgIpc) is 2.31. The maximum Gasteiger partial charge on any atom is 0.191 e. The number of aliphatic imine (C=N–C) groups is 1. The van der Waals surface area contributed by atoms with Crippen molar-refractivity contribution in [3.63, 3.8) is 0 Å². The van der Waals surface area contributed by atoms with Crippen molar-refractivity contribution in [2.24, 2.45) is 4.99 Å². The fourth-order valence-corrected chi connectivity index (χ4v) is 1.19. The third kappa shape index (κ3) is 13.9. The monoisotopic (exact) mass is 357 g/mol. The molecule has 5 heteroatoms. The highest BCUT2D eigenvalue weighted by atomic mass is 127. The third-order valence-electron chi connectivity index (χ3n) is 2.23. The molecule has 0 radical (unpaired) electrons. The fraction of sp³-hybridized carbons (Fsp3) is 0.917. The van der Waals surface area contributed by atoms with Gasteiger partial charge in [0.05, 0.1) is 6.61 Å². The highest BCUT2D eigenvalue weighted by molar-refractivity contribution is 14.0. The smallest absolute Gasteiger partial charge is 0.191 e. The molecule has 0 aromatic heterocycles. The molecule has 104 valence electrons. The minimum absolute atomic E-state index is 0. The molecule has 0 aromatic rings. The maximum atomic E-state index is 5.45. The van der Waals surface area contributed by atoms with Crippen molar-refractivity contribution in [2.75, 3.05) is 33.4 Å². The number of halogens is 1. The number of nitrogens with zero attached hydrogens (tertiary/aromatic N) is 1. The predicted octanol–water partition coefficient (Wildman–Crippen LogP) is 2.39. The Bertz CT molecular complexity index is 177. The van der Waals surface area contributed by atoms with E-state index in [-0.39, 0.29) is 24.0 Å². The van der Waals surface area contributed by atoms with Gasteiger partial charge in [-0.05, 0) is 12.8 Å². The van der Waals surface area contributed by atoms with Crippen molar-refractivity contribution >= 4 is 29.9 Å². The summed E-state index contributed by atoms with van der Waals surface area (Å²) in [6.07, 6.45) is 4.70. The van der Waals surface area contributed by atoms with Crippen LogP contribution in [-0.2, 0) is 4.74 Å². The predicted molar refractivity (Wildman–Crippen MR) is 85.4 cm³/mol. The highest BCUT2D eigenvalue weighted by Crippen LogP contribution is 1.86. The molecule has 0 aromatic carbocycles. The molecule has 0 saturated carbocycles. The number of unbranched alkanes of at least 4 members (excludes halogenated alkanes) is 2. The van der Waals surface area contributed by atoms with Crippen LogP contribution in [0.25, 0.3) is 0 Å². The zero-order valence-corrected chi connectivity index (χ0v) is 13.8. The lowest BCUT2D eigenvalue weighted by molar-refractivity contribution is 0.136. The molecule has 0 aliphatic carbocycles. The van der Waals surface area contributed by atoms with Gasteiger partial charge in [0.2, 0.25) is 0 Å². The van der Waals surface area contributed by atoms with Crippen LogP contribution >= 0.6 is 24.0 Å². The SMILES string of the molecule is CCCCNC(=NC)NCCOCCCC.I. The van der Waals surface area contributed by atoms with E-state index in [1.54, 1.807) is 7.05 Å². The van der Waals surface area contributed by atoms with Crippen LogP contribution in [0.15, 0.2) is 4.99 Å². The molecule has 0 atom stereocenters. The van der Waals surface area contributed by atoms with Gasteiger partial charge in [-0.1, -0.05) is 26.7 Å². The first kappa shape index (κ1) is 19.3. The molecule has 0 saturated heterocycles. The zero-order valence-electron chi connectivity index (χ0n) is 11.4. The summed E-state index contributed by atoms with van der Waals surface area (Å²) >= 11 is 0. The minimum atomic E-state index is 0. The van der Waals surface area contributed by atoms with Gasteiger partial charge in [0.15, 0.2) is 5.96 Å². The molecule has 0 spiro atoms. The van der Waals surface area contributed by atoms with Crippen molar-refractivity contribution < 1.29 is 4.74 Å². The lowest BCUT2D eigenvalue weighted by atomic mass is 10.3. The normalized spacial score (nSPS) is 10.9. The molecule has 0 bridgehead atoms. The Morgan fingerprint density at radius 2 is 1.65 bits per heavy atom. The summed E-state index contributed by atoms with van der Waals surface area (Å²) in [6, 6.07) is 0. The summed E-state index contributed by atoms with van der Waals surface area (Å²) in [7, 11) is 1.79. The Morgan fingerprint density at radius 1 is 1.00 bits per heavy atom. The minimum Gasteiger partial charge on any atom is -0.380 e. The first-order chi connectivity index (χ1) is 7.85. The number of guanidine groups is 1. The van der Waals surface area contributed by atoms with E-state index in [2.05, 4.69) is 29.5 Å². The van der Waals surface area contributed by atoms with E-state index < -0.39 is 0 Å². The number of hydrogen-bond acceptors (Lipinski definition) is 2. The molecular weight excluding hydrogens is 329 g/mol. The Morgan fingerprint density at radius 3 is 2.24 bits per heavy atom. The van der Waals surface area contributed by atoms with Crippen molar-refractivity contribution in [1.29, 1.82) is 0 Å². The van der Waals surface area contributed by atoms with Crippen molar-refractivity contribution in [1.82, 2.24) is 10.6 Å². The van der Waals surface area contributed by atoms with Crippen LogP contribution < -0.4 is 10.6 Å². The Labute approximate surface area is 123 Å². The molecule has 0 fully saturated rings. The van der Waals surface area contributed by atoms with E-state index in [1.165, 1.54) is 19.3 Å². The van der Waals surface area contributed by atoms with Gasteiger partial charge in [-0.15, -0.1) is 24.0 Å². The van der Waals surface area contributed by atoms with E-state index in [9.17, 15) is 0 Å².